The van der Waals surface area contributed by atoms with Gasteiger partial charge in [-0.05, 0) is 49.3 Å². The van der Waals surface area contributed by atoms with Gasteiger partial charge in [0.15, 0.2) is 11.0 Å². The second kappa shape index (κ2) is 7.13. The molecule has 2 N–H and O–H groups in total. The van der Waals surface area contributed by atoms with Crippen LogP contribution in [0.5, 0.6) is 0 Å². The van der Waals surface area contributed by atoms with Crippen LogP contribution >= 0.6 is 11.8 Å². The molecule has 1 aliphatic carbocycles. The molecule has 2 aromatic rings. The average Bonchev–Trinajstić information content (AvgIpc) is 3.13. The largest absolute Gasteiger partial charge is 0.378 e. The van der Waals surface area contributed by atoms with Crippen LogP contribution in [0.4, 0.5) is 4.39 Å². The molecule has 0 saturated heterocycles. The molecule has 0 saturated carbocycles. The molecule has 2 atom stereocenters. The van der Waals surface area contributed by atoms with E-state index in [1.54, 1.807) is 18.3 Å². The van der Waals surface area contributed by atoms with Gasteiger partial charge in [0.05, 0.1) is 17.4 Å². The number of nitrogens with two attached hydrogens (primary N) is 1. The standard InChI is InChI=1S/C21H21FN4OS/c1-12-10-25-17(11-24-12)18(27)9-13-6-7-16(22)15(8-13)21(2)14-4-3-5-19(14)28-20(23)26-21/h5-8,10-11,14H,3-4,9H2,1-2H3,(H2,23,26)/t14?,21-/m0/s1. The molecule has 0 fully saturated rings. The molecular weight excluding hydrogens is 375 g/mol. The fourth-order valence-electron chi connectivity index (χ4n) is 3.93. The predicted molar refractivity (Wildman–Crippen MR) is 109 cm³/mol. The number of hydrogen-bond acceptors (Lipinski definition) is 6. The zero-order valence-corrected chi connectivity index (χ0v) is 16.6. The summed E-state index contributed by atoms with van der Waals surface area (Å²) in [5.41, 5.74) is 7.53. The number of fused-ring (bicyclic) bond motifs is 1. The van der Waals surface area contributed by atoms with Gasteiger partial charge in [-0.15, -0.1) is 0 Å². The minimum atomic E-state index is -0.773. The molecule has 0 bridgehead atoms. The number of aryl methyl sites for hydroxylation is 1. The minimum absolute atomic E-state index is 0.105. The van der Waals surface area contributed by atoms with Crippen molar-refractivity contribution in [2.75, 3.05) is 0 Å². The van der Waals surface area contributed by atoms with Crippen LogP contribution < -0.4 is 5.73 Å². The lowest BCUT2D eigenvalue weighted by atomic mass is 9.78. The highest BCUT2D eigenvalue weighted by atomic mass is 32.2. The highest BCUT2D eigenvalue weighted by Gasteiger charge is 2.44. The van der Waals surface area contributed by atoms with E-state index >= 15 is 0 Å². The summed E-state index contributed by atoms with van der Waals surface area (Å²) in [7, 11) is 0. The Kier molecular flexibility index (Phi) is 4.79. The topological polar surface area (TPSA) is 81.2 Å². The van der Waals surface area contributed by atoms with E-state index in [4.69, 9.17) is 5.73 Å². The van der Waals surface area contributed by atoms with E-state index in [9.17, 15) is 9.18 Å². The summed E-state index contributed by atoms with van der Waals surface area (Å²) in [6.07, 6.45) is 7.19. The lowest BCUT2D eigenvalue weighted by Crippen LogP contribution is -2.36. The van der Waals surface area contributed by atoms with Crippen molar-refractivity contribution in [1.82, 2.24) is 9.97 Å². The van der Waals surface area contributed by atoms with Crippen molar-refractivity contribution < 1.29 is 9.18 Å². The van der Waals surface area contributed by atoms with Crippen molar-refractivity contribution in [2.24, 2.45) is 16.6 Å². The number of amidine groups is 1. The Morgan fingerprint density at radius 2 is 2.18 bits per heavy atom. The first-order valence-electron chi connectivity index (χ1n) is 9.21. The van der Waals surface area contributed by atoms with Crippen LogP contribution in [-0.4, -0.2) is 20.9 Å². The Morgan fingerprint density at radius 3 is 2.93 bits per heavy atom. The molecular formula is C21H21FN4OS. The van der Waals surface area contributed by atoms with Gasteiger partial charge in [-0.1, -0.05) is 23.9 Å². The van der Waals surface area contributed by atoms with E-state index in [0.29, 0.717) is 16.4 Å². The second-order valence-corrected chi connectivity index (χ2v) is 8.49. The Bertz CT molecular complexity index is 1000. The smallest absolute Gasteiger partial charge is 0.187 e. The number of allylic oxidation sites excluding steroid dienone is 1. The monoisotopic (exact) mass is 396 g/mol. The zero-order valence-electron chi connectivity index (χ0n) is 15.8. The van der Waals surface area contributed by atoms with Crippen molar-refractivity contribution >= 4 is 22.7 Å². The normalized spacial score (nSPS) is 23.8. The van der Waals surface area contributed by atoms with Crippen molar-refractivity contribution in [3.05, 3.63) is 69.9 Å². The Labute approximate surface area is 167 Å². The maximum atomic E-state index is 14.8. The van der Waals surface area contributed by atoms with E-state index in [1.807, 2.05) is 13.8 Å². The van der Waals surface area contributed by atoms with Crippen LogP contribution in [-0.2, 0) is 12.0 Å². The molecule has 0 amide bonds. The number of ketones is 1. The molecule has 144 valence electrons. The third-order valence-corrected chi connectivity index (χ3v) is 6.38. The highest BCUT2D eigenvalue weighted by Crippen LogP contribution is 2.51. The number of nitrogens with zero attached hydrogens (tertiary/aromatic N) is 3. The van der Waals surface area contributed by atoms with Crippen molar-refractivity contribution in [3.8, 4) is 0 Å². The van der Waals surface area contributed by atoms with Crippen molar-refractivity contribution in [2.45, 2.75) is 38.6 Å². The molecule has 4 rings (SSSR count). The summed E-state index contributed by atoms with van der Waals surface area (Å²) < 4.78 is 14.8. The molecule has 0 spiro atoms. The Hall–Kier alpha value is -2.54. The number of hydrogen-bond donors (Lipinski definition) is 1. The molecule has 5 nitrogen and oxygen atoms in total. The van der Waals surface area contributed by atoms with E-state index in [-0.39, 0.29) is 23.9 Å². The quantitative estimate of drug-likeness (QED) is 0.792. The molecule has 1 unspecified atom stereocenters. The fourth-order valence-corrected chi connectivity index (χ4v) is 5.10. The average molecular weight is 396 g/mol. The van der Waals surface area contributed by atoms with Crippen LogP contribution in [0.1, 0.15) is 47.1 Å². The second-order valence-electron chi connectivity index (χ2n) is 7.39. The van der Waals surface area contributed by atoms with E-state index in [2.05, 4.69) is 21.0 Å². The summed E-state index contributed by atoms with van der Waals surface area (Å²) in [5, 5.41) is 0.447. The van der Waals surface area contributed by atoms with Gasteiger partial charge in [0, 0.05) is 24.1 Å². The lowest BCUT2D eigenvalue weighted by molar-refractivity contribution is 0.0987. The molecule has 0 radical (unpaired) electrons. The van der Waals surface area contributed by atoms with Crippen molar-refractivity contribution in [3.63, 3.8) is 0 Å². The molecule has 1 aliphatic heterocycles. The molecule has 2 aliphatic rings. The predicted octanol–water partition coefficient (Wildman–Crippen LogP) is 3.92. The summed E-state index contributed by atoms with van der Waals surface area (Å²) in [6, 6.07) is 4.80. The molecule has 1 aromatic heterocycles. The first kappa shape index (κ1) is 18.8. The number of carbonyl (C=O) groups is 1. The maximum absolute atomic E-state index is 14.8. The number of rotatable bonds is 4. The SMILES string of the molecule is Cc1cnc(C(=O)Cc2ccc(F)c([C@@]3(C)N=C(N)SC4=CCCC43)c2)cn1. The molecule has 7 heteroatoms. The Morgan fingerprint density at radius 1 is 1.36 bits per heavy atom. The van der Waals surface area contributed by atoms with Gasteiger partial charge in [0.1, 0.15) is 11.5 Å². The van der Waals surface area contributed by atoms with Gasteiger partial charge in [-0.3, -0.25) is 14.8 Å². The number of Topliss-reactive ketones (excluding diaryl/α,β-unsaturated/α-hetero) is 1. The van der Waals surface area contributed by atoms with Gasteiger partial charge in [0.2, 0.25) is 0 Å². The maximum Gasteiger partial charge on any atom is 0.187 e. The van der Waals surface area contributed by atoms with Crippen LogP contribution in [0.2, 0.25) is 0 Å². The van der Waals surface area contributed by atoms with Gasteiger partial charge >= 0.3 is 0 Å². The molecule has 1 aromatic carbocycles. The van der Waals surface area contributed by atoms with E-state index in [0.717, 1.165) is 29.0 Å². The molecule has 2 heterocycles. The number of benzene rings is 1. The minimum Gasteiger partial charge on any atom is -0.378 e. The summed E-state index contributed by atoms with van der Waals surface area (Å²) in [6.45, 7) is 3.74. The van der Waals surface area contributed by atoms with Gasteiger partial charge < -0.3 is 5.73 Å². The van der Waals surface area contributed by atoms with Crippen LogP contribution in [0.25, 0.3) is 0 Å². The number of halogens is 1. The first-order chi connectivity index (χ1) is 13.4. The third-order valence-electron chi connectivity index (χ3n) is 5.40. The summed E-state index contributed by atoms with van der Waals surface area (Å²) in [4.78, 5) is 26.6. The van der Waals surface area contributed by atoms with Gasteiger partial charge in [0.25, 0.3) is 0 Å². The molecule has 28 heavy (non-hydrogen) atoms. The van der Waals surface area contributed by atoms with E-state index < -0.39 is 5.54 Å². The van der Waals surface area contributed by atoms with Gasteiger partial charge in [-0.2, -0.15) is 0 Å². The Balaban J connectivity index is 1.67. The number of aliphatic imine (C=N–C) groups is 1. The highest BCUT2D eigenvalue weighted by molar-refractivity contribution is 8.17. The number of carbonyl (C=O) groups excluding carboxylic acids is 1. The summed E-state index contributed by atoms with van der Waals surface area (Å²) >= 11 is 1.47. The number of aromatic nitrogens is 2. The van der Waals surface area contributed by atoms with E-state index in [1.165, 1.54) is 24.0 Å². The lowest BCUT2D eigenvalue weighted by Gasteiger charge is -2.37. The van der Waals surface area contributed by atoms with Crippen LogP contribution in [0, 0.1) is 18.7 Å². The van der Waals surface area contributed by atoms with Gasteiger partial charge in [-0.25, -0.2) is 9.37 Å². The zero-order chi connectivity index (χ0) is 19.9. The summed E-state index contributed by atoms with van der Waals surface area (Å²) in [5.74, 6) is -0.379. The van der Waals surface area contributed by atoms with Crippen LogP contribution in [0.3, 0.4) is 0 Å². The van der Waals surface area contributed by atoms with Crippen LogP contribution in [0.15, 0.2) is 46.6 Å². The van der Waals surface area contributed by atoms with Crippen molar-refractivity contribution in [1.29, 1.82) is 0 Å². The fraction of sp³-hybridized carbons (Fsp3) is 0.333. The third kappa shape index (κ3) is 3.35. The number of thioether (sulfide) groups is 1. The first-order valence-corrected chi connectivity index (χ1v) is 10.0.